The molecule has 3 aromatic carbocycles. The van der Waals surface area contributed by atoms with Crippen molar-refractivity contribution in [3.8, 4) is 0 Å². The van der Waals surface area contributed by atoms with E-state index in [2.05, 4.69) is 75.4 Å². The molecule has 0 spiro atoms. The van der Waals surface area contributed by atoms with E-state index in [1.54, 1.807) is 0 Å². The Morgan fingerprint density at radius 2 is 1.35 bits per heavy atom. The largest absolute Gasteiger partial charge is 0.461 e. The standard InChI is InChI=1S/C32H39N3O2/c36-32(37-26-27-10-4-1-5-11-27)24-31(34-18-16-29(17-19-34)28-12-6-2-7-13-28)25-33-20-22-35(23-21-33)30-14-8-3-9-15-30/h1-15,29,31H,16-26H2. The lowest BCUT2D eigenvalue weighted by Crippen LogP contribution is -2.53. The molecular weight excluding hydrogens is 458 g/mol. The second-order valence-electron chi connectivity index (χ2n) is 10.3. The Kier molecular flexibility index (Phi) is 8.88. The van der Waals surface area contributed by atoms with Gasteiger partial charge in [0.05, 0.1) is 6.42 Å². The lowest BCUT2D eigenvalue weighted by molar-refractivity contribution is -0.146. The van der Waals surface area contributed by atoms with Gasteiger partial charge < -0.3 is 9.64 Å². The van der Waals surface area contributed by atoms with Crippen molar-refractivity contribution >= 4 is 11.7 Å². The van der Waals surface area contributed by atoms with E-state index in [1.165, 1.54) is 11.3 Å². The first kappa shape index (κ1) is 25.5. The van der Waals surface area contributed by atoms with Crippen LogP contribution in [0.3, 0.4) is 0 Å². The molecule has 1 atom stereocenters. The van der Waals surface area contributed by atoms with E-state index in [0.29, 0.717) is 18.9 Å². The predicted octanol–water partition coefficient (Wildman–Crippen LogP) is 5.19. The molecule has 5 heteroatoms. The highest BCUT2D eigenvalue weighted by Gasteiger charge is 2.30. The van der Waals surface area contributed by atoms with Crippen LogP contribution < -0.4 is 4.90 Å². The molecule has 3 aromatic rings. The third-order valence-corrected chi connectivity index (χ3v) is 7.92. The van der Waals surface area contributed by atoms with Crippen molar-refractivity contribution in [1.82, 2.24) is 9.80 Å². The number of para-hydroxylation sites is 1. The summed E-state index contributed by atoms with van der Waals surface area (Å²) in [6, 6.07) is 31.7. The molecule has 0 bridgehead atoms. The fourth-order valence-electron chi connectivity index (χ4n) is 5.75. The summed E-state index contributed by atoms with van der Waals surface area (Å²) in [5.74, 6) is 0.513. The fourth-order valence-corrected chi connectivity index (χ4v) is 5.75. The quantitative estimate of drug-likeness (QED) is 0.380. The van der Waals surface area contributed by atoms with Crippen LogP contribution in [0.25, 0.3) is 0 Å². The number of ether oxygens (including phenoxy) is 1. The number of likely N-dealkylation sites (tertiary alicyclic amines) is 1. The first-order chi connectivity index (χ1) is 18.2. The highest BCUT2D eigenvalue weighted by Crippen LogP contribution is 2.29. The maximum absolute atomic E-state index is 13.0. The molecule has 2 saturated heterocycles. The minimum Gasteiger partial charge on any atom is -0.461 e. The highest BCUT2D eigenvalue weighted by atomic mass is 16.5. The molecule has 0 radical (unpaired) electrons. The summed E-state index contributed by atoms with van der Waals surface area (Å²) in [5.41, 5.74) is 3.78. The Morgan fingerprint density at radius 1 is 0.757 bits per heavy atom. The molecule has 194 valence electrons. The molecule has 2 heterocycles. The first-order valence-electron chi connectivity index (χ1n) is 13.8. The second-order valence-corrected chi connectivity index (χ2v) is 10.3. The van der Waals surface area contributed by atoms with Gasteiger partial charge >= 0.3 is 5.97 Å². The number of esters is 1. The Hall–Kier alpha value is -3.15. The van der Waals surface area contributed by atoms with Gasteiger partial charge in [-0.05, 0) is 55.1 Å². The number of piperazine rings is 1. The summed E-state index contributed by atoms with van der Waals surface area (Å²) in [6.07, 6.45) is 2.73. The average Bonchev–Trinajstić information content (AvgIpc) is 2.98. The van der Waals surface area contributed by atoms with E-state index in [-0.39, 0.29) is 12.0 Å². The van der Waals surface area contributed by atoms with Gasteiger partial charge in [0.2, 0.25) is 0 Å². The van der Waals surface area contributed by atoms with Crippen molar-refractivity contribution in [1.29, 1.82) is 0 Å². The highest BCUT2D eigenvalue weighted by molar-refractivity contribution is 5.70. The number of nitrogens with zero attached hydrogens (tertiary/aromatic N) is 3. The van der Waals surface area contributed by atoms with Crippen LogP contribution >= 0.6 is 0 Å². The average molecular weight is 498 g/mol. The zero-order chi connectivity index (χ0) is 25.3. The maximum Gasteiger partial charge on any atom is 0.307 e. The van der Waals surface area contributed by atoms with Crippen LogP contribution in [-0.4, -0.2) is 67.6 Å². The van der Waals surface area contributed by atoms with Gasteiger partial charge in [0.15, 0.2) is 0 Å². The molecule has 2 aliphatic heterocycles. The van der Waals surface area contributed by atoms with Crippen LogP contribution in [0, 0.1) is 0 Å². The number of piperidine rings is 1. The fraction of sp³-hybridized carbons (Fsp3) is 0.406. The van der Waals surface area contributed by atoms with Gasteiger partial charge in [0, 0.05) is 44.5 Å². The van der Waals surface area contributed by atoms with Crippen LogP contribution in [0.15, 0.2) is 91.0 Å². The van der Waals surface area contributed by atoms with E-state index >= 15 is 0 Å². The van der Waals surface area contributed by atoms with Crippen LogP contribution in [0.5, 0.6) is 0 Å². The Morgan fingerprint density at radius 3 is 2.00 bits per heavy atom. The van der Waals surface area contributed by atoms with Gasteiger partial charge in [-0.1, -0.05) is 78.9 Å². The number of anilines is 1. The number of carbonyl (C=O) groups is 1. The van der Waals surface area contributed by atoms with Crippen molar-refractivity contribution in [2.75, 3.05) is 50.7 Å². The smallest absolute Gasteiger partial charge is 0.307 e. The number of benzene rings is 3. The normalized spacial score (nSPS) is 18.4. The molecular formula is C32H39N3O2. The number of hydrogen-bond donors (Lipinski definition) is 0. The number of rotatable bonds is 9. The second kappa shape index (κ2) is 12.9. The van der Waals surface area contributed by atoms with Gasteiger partial charge in [0.1, 0.15) is 6.61 Å². The molecule has 0 aromatic heterocycles. The first-order valence-corrected chi connectivity index (χ1v) is 13.8. The van der Waals surface area contributed by atoms with E-state index in [4.69, 9.17) is 4.74 Å². The summed E-state index contributed by atoms with van der Waals surface area (Å²) in [4.78, 5) is 20.5. The Bertz CT molecular complexity index is 1080. The molecule has 5 rings (SSSR count). The van der Waals surface area contributed by atoms with Gasteiger partial charge in [-0.2, -0.15) is 0 Å². The van der Waals surface area contributed by atoms with Crippen LogP contribution in [-0.2, 0) is 16.1 Å². The topological polar surface area (TPSA) is 36.0 Å². The summed E-state index contributed by atoms with van der Waals surface area (Å²) in [6.45, 7) is 7.39. The molecule has 1 unspecified atom stereocenters. The third-order valence-electron chi connectivity index (χ3n) is 7.92. The minimum atomic E-state index is -0.0954. The molecule has 5 nitrogen and oxygen atoms in total. The van der Waals surface area contributed by atoms with Gasteiger partial charge in [-0.25, -0.2) is 0 Å². The van der Waals surface area contributed by atoms with Crippen molar-refractivity contribution < 1.29 is 9.53 Å². The minimum absolute atomic E-state index is 0.0954. The van der Waals surface area contributed by atoms with Crippen molar-refractivity contribution in [3.05, 3.63) is 102 Å². The number of hydrogen-bond acceptors (Lipinski definition) is 5. The number of carbonyl (C=O) groups excluding carboxylic acids is 1. The molecule has 2 fully saturated rings. The van der Waals surface area contributed by atoms with E-state index in [9.17, 15) is 4.79 Å². The van der Waals surface area contributed by atoms with E-state index < -0.39 is 0 Å². The van der Waals surface area contributed by atoms with Crippen LogP contribution in [0.4, 0.5) is 5.69 Å². The predicted molar refractivity (Wildman–Crippen MR) is 150 cm³/mol. The monoisotopic (exact) mass is 497 g/mol. The molecule has 37 heavy (non-hydrogen) atoms. The lowest BCUT2D eigenvalue weighted by Gasteiger charge is -2.42. The Balaban J connectivity index is 1.18. The molecule has 0 N–H and O–H groups in total. The van der Waals surface area contributed by atoms with E-state index in [1.807, 2.05) is 30.3 Å². The molecule has 0 amide bonds. The summed E-state index contributed by atoms with van der Waals surface area (Å²) in [5, 5.41) is 0. The zero-order valence-corrected chi connectivity index (χ0v) is 21.8. The van der Waals surface area contributed by atoms with Crippen molar-refractivity contribution in [2.24, 2.45) is 0 Å². The van der Waals surface area contributed by atoms with Crippen LogP contribution in [0.2, 0.25) is 0 Å². The van der Waals surface area contributed by atoms with Gasteiger partial charge in [-0.15, -0.1) is 0 Å². The Labute approximate surface area is 221 Å². The molecule has 0 saturated carbocycles. The summed E-state index contributed by atoms with van der Waals surface area (Å²) < 4.78 is 5.71. The van der Waals surface area contributed by atoms with Crippen molar-refractivity contribution in [3.63, 3.8) is 0 Å². The third kappa shape index (κ3) is 7.21. The van der Waals surface area contributed by atoms with Crippen LogP contribution in [0.1, 0.15) is 36.3 Å². The van der Waals surface area contributed by atoms with E-state index in [0.717, 1.165) is 64.2 Å². The molecule has 2 aliphatic rings. The summed E-state index contributed by atoms with van der Waals surface area (Å²) >= 11 is 0. The SMILES string of the molecule is O=C(CC(CN1CCN(c2ccccc2)CC1)N1CCC(c2ccccc2)CC1)OCc1ccccc1. The zero-order valence-electron chi connectivity index (χ0n) is 21.8. The van der Waals surface area contributed by atoms with Gasteiger partial charge in [-0.3, -0.25) is 14.6 Å². The lowest BCUT2D eigenvalue weighted by atomic mass is 9.88. The maximum atomic E-state index is 13.0. The summed E-state index contributed by atoms with van der Waals surface area (Å²) in [7, 11) is 0. The molecule has 0 aliphatic carbocycles. The van der Waals surface area contributed by atoms with Gasteiger partial charge in [0.25, 0.3) is 0 Å². The van der Waals surface area contributed by atoms with Crippen molar-refractivity contribution in [2.45, 2.75) is 37.8 Å².